The lowest BCUT2D eigenvalue weighted by Crippen LogP contribution is -2.42. The zero-order valence-electron chi connectivity index (χ0n) is 82.9. The predicted octanol–water partition coefficient (Wildman–Crippen LogP) is 20.7. The number of Topliss-reactive ketones (excluding diaryl/α,β-unsaturated/α-hetero) is 2. The summed E-state index contributed by atoms with van der Waals surface area (Å²) < 4.78 is 144. The topological polar surface area (TPSA) is 271 Å². The number of ether oxygens (including phenoxy) is 9. The molecule has 3 heterocycles. The zero-order chi connectivity index (χ0) is 102. The van der Waals surface area contributed by atoms with E-state index in [9.17, 15) is 60.5 Å². The Balaban J connectivity index is 0.000000224. The van der Waals surface area contributed by atoms with Gasteiger partial charge >= 0.3 is 12.4 Å². The number of halogens is 6. The molecule has 142 heavy (non-hydrogen) atoms. The van der Waals surface area contributed by atoms with E-state index in [1.807, 2.05) is 224 Å². The van der Waals surface area contributed by atoms with Crippen molar-refractivity contribution in [3.63, 3.8) is 0 Å². The summed E-state index contributed by atoms with van der Waals surface area (Å²) in [6, 6.07) is 75.4. The molecule has 4 N–H and O–H groups in total. The summed E-state index contributed by atoms with van der Waals surface area (Å²) in [4.78, 5) is 71.6. The summed E-state index contributed by atoms with van der Waals surface area (Å²) >= 11 is 0. The van der Waals surface area contributed by atoms with E-state index in [1.54, 1.807) is 57.4 Å². The van der Waals surface area contributed by atoms with Crippen LogP contribution >= 0.6 is 8.53 Å². The number of hydrogen-bond acceptors (Lipinski definition) is 20. The Labute approximate surface area is 832 Å². The minimum atomic E-state index is -4.83. The number of methoxy groups -OCH3 is 6. The van der Waals surface area contributed by atoms with E-state index in [4.69, 9.17) is 64.0 Å². The standard InChI is InChI=1S/C44H57F3N3O7P.C35H40F3NO6.C32H40N2O5/c1-32(2)50(33(3)4)58(56-28-27-48-5)57-40-29-37(49(30-40)42(52)18-14-9-8-13-17-41(51)44(45,46)47)31-55-43(34-15-11-10-12-16-34,35-19-23-38(53-6)24-20-35)36-21-25-39(54-7)26-22-36;1-43-30-18-14-26(15-19-30)34(25-10-6-5-7-11-25,27-16-20-31(44-2)21-17-27)45-24-28-22-29(40)23-39(28)33(42)13-9-4-3-8-12-32(41)35(36,37)38;1-37-29-16-12-25(13-17-29)32(24-9-5-3-6-10-24,26-14-18-30(38-2)19-15-26)39-23-27-21-28(35)22-34(27)31(36)11-7-4-8-20-33/h10-12,15-16,19-26,32-33,37,40H,8-9,13-14,17-18,27-31H2,1-4,6-7H3;5-7,10-11,14-21,28-29,40H,3-4,8-9,12-13,22-24H2,1-2H3;3,5-6,9-10,12-19,27-28,35H,4,7-8,11,20-23,33H2,1-2H3/t37-,40+,58?;28-,29+;27-,28+/m000/s1. The molecule has 9 aromatic rings. The number of hydrogen-bond donors (Lipinski definition) is 3. The lowest BCUT2D eigenvalue weighted by atomic mass is 9.80. The first-order valence-electron chi connectivity index (χ1n) is 48.7. The predicted molar refractivity (Wildman–Crippen MR) is 534 cm³/mol. The van der Waals surface area contributed by atoms with Crippen molar-refractivity contribution in [3.8, 4) is 34.5 Å². The summed E-state index contributed by atoms with van der Waals surface area (Å²) in [5.41, 5.74) is 10.4. The van der Waals surface area contributed by atoms with Gasteiger partial charge in [0, 0.05) is 63.8 Å². The van der Waals surface area contributed by atoms with Crippen LogP contribution < -0.4 is 34.2 Å². The van der Waals surface area contributed by atoms with E-state index in [0.29, 0.717) is 100 Å². The molecule has 31 heteroatoms. The second-order valence-corrected chi connectivity index (χ2v) is 37.5. The quantitative estimate of drug-likeness (QED) is 0.0105. The first-order valence-corrected chi connectivity index (χ1v) is 49.8. The molecule has 766 valence electrons. The summed E-state index contributed by atoms with van der Waals surface area (Å²) in [6.07, 6.45) is -4.64. The molecular weight excluding hydrogens is 1850 g/mol. The van der Waals surface area contributed by atoms with Crippen LogP contribution in [0.1, 0.15) is 200 Å². The first kappa shape index (κ1) is 113. The maximum Gasteiger partial charge on any atom is 0.449 e. The van der Waals surface area contributed by atoms with Gasteiger partial charge in [0.25, 0.3) is 8.53 Å². The highest BCUT2D eigenvalue weighted by Crippen LogP contribution is 2.51. The molecule has 3 saturated heterocycles. The van der Waals surface area contributed by atoms with E-state index >= 15 is 0 Å². The van der Waals surface area contributed by atoms with Crippen LogP contribution in [0.2, 0.25) is 0 Å². The third kappa shape index (κ3) is 30.6. The van der Waals surface area contributed by atoms with Gasteiger partial charge in [0.05, 0.1) is 98.9 Å². The van der Waals surface area contributed by atoms with Gasteiger partial charge in [-0.1, -0.05) is 196 Å². The van der Waals surface area contributed by atoms with Gasteiger partial charge in [-0.2, -0.15) is 26.3 Å². The third-order valence-corrected chi connectivity index (χ3v) is 28.0. The molecule has 9 aromatic carbocycles. The van der Waals surface area contributed by atoms with Crippen molar-refractivity contribution < 1.29 is 112 Å². The number of ketones is 2. The van der Waals surface area contributed by atoms with Crippen LogP contribution in [0.25, 0.3) is 4.85 Å². The van der Waals surface area contributed by atoms with Crippen LogP contribution in [0.4, 0.5) is 26.3 Å². The van der Waals surface area contributed by atoms with Crippen LogP contribution in [0.5, 0.6) is 34.5 Å². The zero-order valence-corrected chi connectivity index (χ0v) is 83.8. The van der Waals surface area contributed by atoms with Crippen molar-refractivity contribution in [1.29, 1.82) is 0 Å². The molecule has 3 fully saturated rings. The highest BCUT2D eigenvalue weighted by atomic mass is 31.2. The van der Waals surface area contributed by atoms with Crippen LogP contribution in [0.3, 0.4) is 0 Å². The van der Waals surface area contributed by atoms with E-state index in [1.165, 1.54) is 0 Å². The average molecular weight is 1990 g/mol. The lowest BCUT2D eigenvalue weighted by molar-refractivity contribution is -0.171. The minimum Gasteiger partial charge on any atom is -0.497 e. The number of nitrogens with two attached hydrogens (primary N) is 1. The molecule has 12 rings (SSSR count). The van der Waals surface area contributed by atoms with Crippen molar-refractivity contribution in [1.82, 2.24) is 19.4 Å². The van der Waals surface area contributed by atoms with Crippen LogP contribution in [0.15, 0.2) is 237 Å². The molecule has 0 bridgehead atoms. The maximum atomic E-state index is 14.1. The minimum absolute atomic E-state index is 0.0522. The number of β-amino-alcohol motifs (C(OH)–C–C–N with tert-alkyl or cyclic N) is 2. The number of nitrogens with zero attached hydrogens (tertiary/aromatic N) is 5. The third-order valence-electron chi connectivity index (χ3n) is 25.8. The molecule has 0 spiro atoms. The molecule has 3 aliphatic rings. The second kappa shape index (κ2) is 55.5. The summed E-state index contributed by atoms with van der Waals surface area (Å²) in [6.45, 7) is 17.9. The van der Waals surface area contributed by atoms with Crippen molar-refractivity contribution in [2.24, 2.45) is 5.73 Å². The molecule has 0 radical (unpaired) electrons. The first-order chi connectivity index (χ1) is 68.3. The second-order valence-electron chi connectivity index (χ2n) is 36.1. The molecule has 1 unspecified atom stereocenters. The van der Waals surface area contributed by atoms with Gasteiger partial charge in [0.1, 0.15) is 57.9 Å². The van der Waals surface area contributed by atoms with E-state index < -0.39 is 92.5 Å². The number of rotatable bonds is 51. The summed E-state index contributed by atoms with van der Waals surface area (Å²) in [7, 11) is 8.14. The largest absolute Gasteiger partial charge is 0.497 e. The summed E-state index contributed by atoms with van der Waals surface area (Å²) in [5.74, 6) is 0.604. The Morgan fingerprint density at radius 2 is 0.634 bits per heavy atom. The number of carbonyl (C=O) groups is 5. The van der Waals surface area contributed by atoms with Crippen molar-refractivity contribution >= 4 is 37.8 Å². The van der Waals surface area contributed by atoms with Gasteiger partial charge < -0.3 is 87.2 Å². The van der Waals surface area contributed by atoms with Crippen LogP contribution in [0, 0.1) is 6.57 Å². The van der Waals surface area contributed by atoms with Gasteiger partial charge in [0.2, 0.25) is 35.8 Å². The monoisotopic (exact) mass is 1990 g/mol. The molecule has 3 aliphatic heterocycles. The van der Waals surface area contributed by atoms with Crippen molar-refractivity contribution in [2.75, 3.05) is 102 Å². The van der Waals surface area contributed by atoms with Gasteiger partial charge in [-0.25, -0.2) is 11.2 Å². The van der Waals surface area contributed by atoms with E-state index in [-0.39, 0.29) is 108 Å². The normalized spacial score (nSPS) is 16.8. The van der Waals surface area contributed by atoms with E-state index in [0.717, 1.165) is 80.8 Å². The summed E-state index contributed by atoms with van der Waals surface area (Å²) in [5, 5.41) is 21.1. The Bertz CT molecular complexity index is 5200. The molecule has 3 amide bonds. The van der Waals surface area contributed by atoms with Crippen LogP contribution in [-0.4, -0.2) is 222 Å². The number of benzene rings is 9. The molecule has 0 saturated carbocycles. The fourth-order valence-corrected chi connectivity index (χ4v) is 20.3. The average Bonchev–Trinajstić information content (AvgIpc) is 0.972. The molecule has 7 atom stereocenters. The number of likely N-dealkylation sites (tertiary alicyclic amines) is 3. The number of amides is 3. The number of aliphatic hydroxyl groups excluding tert-OH is 2. The van der Waals surface area contributed by atoms with Crippen molar-refractivity contribution in [3.05, 3.63) is 298 Å². The SMILES string of the molecule is COc1ccc(C(OC[C@@H]2C[C@@H](O)CN2C(=O)CCCCCCC(=O)C(F)(F)F)(c2ccccc2)c2ccc(OC)cc2)cc1.COc1ccc(C(OC[C@@H]2C[C@@H](O)CN2C(=O)CCCCCN)(c2ccccc2)c2ccc(OC)cc2)cc1.[C-]#[N+]CCOP(O[C@@H]1C[C@@H](COC(c2ccccc2)(c2ccc(OC)cc2)c2ccc(OC)cc2)N(C(=O)CCCCCCC(=O)C(F)(F)F)C1)N(C(C)C)C(C)C. The number of unbranched alkanes of at least 4 members (excludes halogenated alkanes) is 8. The Morgan fingerprint density at radius 3 is 0.887 bits per heavy atom. The molecule has 0 aliphatic carbocycles. The van der Waals surface area contributed by atoms with Gasteiger partial charge in [-0.3, -0.25) is 24.0 Å². The van der Waals surface area contributed by atoms with Gasteiger partial charge in [-0.05, 0) is 215 Å². The highest BCUT2D eigenvalue weighted by molar-refractivity contribution is 7.44. The Kier molecular flexibility index (Phi) is 44.0. The Hall–Kier alpha value is -11.3. The fourth-order valence-electron chi connectivity index (χ4n) is 18.6. The number of aliphatic hydroxyl groups is 2. The lowest BCUT2D eigenvalue weighted by Gasteiger charge is -2.38. The number of alkyl halides is 6. The van der Waals surface area contributed by atoms with E-state index in [2.05, 4.69) is 49.3 Å². The van der Waals surface area contributed by atoms with Crippen LogP contribution in [-0.2, 0) is 64.0 Å². The number of carbonyl (C=O) groups excluding carboxylic acids is 5. The molecular formula is C111H137F6N6O18P. The van der Waals surface area contributed by atoms with Crippen molar-refractivity contribution in [2.45, 2.75) is 227 Å². The maximum absolute atomic E-state index is 14.1. The highest BCUT2D eigenvalue weighted by Gasteiger charge is 2.48. The Morgan fingerprint density at radius 1 is 0.380 bits per heavy atom. The molecule has 0 aromatic heterocycles. The molecule has 24 nitrogen and oxygen atoms in total. The van der Waals surface area contributed by atoms with Gasteiger partial charge in [0.15, 0.2) is 0 Å². The smallest absolute Gasteiger partial charge is 0.449 e. The van der Waals surface area contributed by atoms with Gasteiger partial charge in [-0.15, -0.1) is 0 Å². The fraction of sp³-hybridized carbons (Fsp3) is 0.459.